The monoisotopic (exact) mass is 310 g/mol. The summed E-state index contributed by atoms with van der Waals surface area (Å²) in [5, 5.41) is 13.6. The molecule has 0 spiro atoms. The summed E-state index contributed by atoms with van der Waals surface area (Å²) >= 11 is 0. The Balaban J connectivity index is 2.75. The fraction of sp³-hybridized carbons (Fsp3) is 0.429. The van der Waals surface area contributed by atoms with Gasteiger partial charge in [0.25, 0.3) is 5.91 Å². The third-order valence-electron chi connectivity index (χ3n) is 2.79. The molecule has 22 heavy (non-hydrogen) atoms. The minimum absolute atomic E-state index is 0.0560. The number of ketones is 1. The zero-order chi connectivity index (χ0) is 16.5. The van der Waals surface area contributed by atoms with Gasteiger partial charge < -0.3 is 14.8 Å². The van der Waals surface area contributed by atoms with Gasteiger partial charge in [0.05, 0.1) is 11.5 Å². The molecule has 1 aromatic carbocycles. The van der Waals surface area contributed by atoms with Gasteiger partial charge in [-0.2, -0.15) is 0 Å². The molecule has 0 aliphatic carbocycles. The van der Waals surface area contributed by atoms with Crippen LogP contribution in [-0.2, 0) is 9.53 Å². The molecule has 0 bridgehead atoms. The molecular formula is C14H18N2O6. The van der Waals surface area contributed by atoms with Crippen LogP contribution in [0.1, 0.15) is 23.7 Å². The minimum Gasteiger partial charge on any atom is -0.477 e. The van der Waals surface area contributed by atoms with E-state index in [0.29, 0.717) is 13.2 Å². The van der Waals surface area contributed by atoms with Gasteiger partial charge in [-0.15, -0.1) is 0 Å². The van der Waals surface area contributed by atoms with Crippen LogP contribution in [0.4, 0.5) is 5.69 Å². The molecule has 1 amide bonds. The molecule has 0 aromatic heterocycles. The topological polar surface area (TPSA) is 108 Å². The smallest absolute Gasteiger partial charge is 0.311 e. The van der Waals surface area contributed by atoms with Gasteiger partial charge in [0.2, 0.25) is 0 Å². The summed E-state index contributed by atoms with van der Waals surface area (Å²) in [5.74, 6) is -0.674. The van der Waals surface area contributed by atoms with E-state index < -0.39 is 10.8 Å². The maximum absolute atomic E-state index is 11.6. The van der Waals surface area contributed by atoms with Gasteiger partial charge in [0.15, 0.2) is 18.1 Å². The quantitative estimate of drug-likeness (QED) is 0.319. The molecule has 120 valence electrons. The lowest BCUT2D eigenvalue weighted by atomic mass is 10.1. The largest absolute Gasteiger partial charge is 0.477 e. The summed E-state index contributed by atoms with van der Waals surface area (Å²) in [5.41, 5.74) is -0.102. The molecule has 8 heteroatoms. The molecule has 8 nitrogen and oxygen atoms in total. The zero-order valence-electron chi connectivity index (χ0n) is 12.5. The Morgan fingerprint density at radius 3 is 2.68 bits per heavy atom. The van der Waals surface area contributed by atoms with Crippen molar-refractivity contribution in [3.63, 3.8) is 0 Å². The van der Waals surface area contributed by atoms with E-state index in [0.717, 1.165) is 6.07 Å². The maximum Gasteiger partial charge on any atom is 0.311 e. The number of nitrogens with zero attached hydrogens (tertiary/aromatic N) is 1. The van der Waals surface area contributed by atoms with Gasteiger partial charge in [-0.3, -0.25) is 19.7 Å². The third kappa shape index (κ3) is 5.13. The van der Waals surface area contributed by atoms with Crippen LogP contribution in [0.15, 0.2) is 18.2 Å². The first-order valence-electron chi connectivity index (χ1n) is 6.69. The summed E-state index contributed by atoms with van der Waals surface area (Å²) in [6, 6.07) is 3.92. The van der Waals surface area contributed by atoms with Gasteiger partial charge in [-0.1, -0.05) is 6.92 Å². The summed E-state index contributed by atoms with van der Waals surface area (Å²) < 4.78 is 9.93. The number of amides is 1. The Bertz CT molecular complexity index is 558. The van der Waals surface area contributed by atoms with Crippen molar-refractivity contribution in [1.82, 2.24) is 5.32 Å². The van der Waals surface area contributed by atoms with Crippen LogP contribution < -0.4 is 10.1 Å². The first kappa shape index (κ1) is 17.6. The Morgan fingerprint density at radius 1 is 1.36 bits per heavy atom. The van der Waals surface area contributed by atoms with Crippen molar-refractivity contribution in [3.05, 3.63) is 33.9 Å². The van der Waals surface area contributed by atoms with E-state index in [1.165, 1.54) is 19.2 Å². The molecule has 0 atom stereocenters. The predicted octanol–water partition coefficient (Wildman–Crippen LogP) is 1.33. The van der Waals surface area contributed by atoms with E-state index in [1.807, 2.05) is 0 Å². The van der Waals surface area contributed by atoms with E-state index >= 15 is 0 Å². The molecule has 0 saturated carbocycles. The van der Waals surface area contributed by atoms with E-state index in [2.05, 4.69) is 5.32 Å². The first-order valence-corrected chi connectivity index (χ1v) is 6.69. The maximum atomic E-state index is 11.6. The highest BCUT2D eigenvalue weighted by atomic mass is 16.6. The molecule has 0 fully saturated rings. The highest BCUT2D eigenvalue weighted by Crippen LogP contribution is 2.28. The number of nitro benzene ring substituents is 1. The fourth-order valence-corrected chi connectivity index (χ4v) is 1.65. The standard InChI is InChI=1S/C14H18N2O6/c1-3-12(17)10-4-5-13(11(8-10)16(19)20)22-9-14(18)15-6-7-21-2/h4-5,8H,3,6-7,9H2,1-2H3,(H,15,18). The van der Waals surface area contributed by atoms with Gasteiger partial charge >= 0.3 is 5.69 Å². The molecule has 0 radical (unpaired) electrons. The second-order valence-corrected chi connectivity index (χ2v) is 4.35. The van der Waals surface area contributed by atoms with Gasteiger partial charge in [0.1, 0.15) is 0 Å². The molecular weight excluding hydrogens is 292 g/mol. The van der Waals surface area contributed by atoms with E-state index in [4.69, 9.17) is 9.47 Å². The Morgan fingerprint density at radius 2 is 2.09 bits per heavy atom. The highest BCUT2D eigenvalue weighted by molar-refractivity contribution is 5.96. The summed E-state index contributed by atoms with van der Waals surface area (Å²) in [7, 11) is 1.51. The number of benzene rings is 1. The average molecular weight is 310 g/mol. The molecule has 0 saturated heterocycles. The van der Waals surface area contributed by atoms with Crippen LogP contribution in [0.25, 0.3) is 0 Å². The van der Waals surface area contributed by atoms with Crippen molar-refractivity contribution in [2.75, 3.05) is 26.9 Å². The zero-order valence-corrected chi connectivity index (χ0v) is 12.5. The lowest BCUT2D eigenvalue weighted by molar-refractivity contribution is -0.385. The highest BCUT2D eigenvalue weighted by Gasteiger charge is 2.19. The number of hydrogen-bond donors (Lipinski definition) is 1. The molecule has 1 N–H and O–H groups in total. The number of rotatable bonds is 9. The first-order chi connectivity index (χ1) is 10.5. The van der Waals surface area contributed by atoms with Crippen molar-refractivity contribution in [2.45, 2.75) is 13.3 Å². The van der Waals surface area contributed by atoms with Crippen LogP contribution >= 0.6 is 0 Å². The molecule has 0 unspecified atom stereocenters. The number of carbonyl (C=O) groups excluding carboxylic acids is 2. The number of carbonyl (C=O) groups is 2. The van der Waals surface area contributed by atoms with Gasteiger partial charge in [-0.25, -0.2) is 0 Å². The SMILES string of the molecule is CCC(=O)c1ccc(OCC(=O)NCCOC)c([N+](=O)[O-])c1. The summed E-state index contributed by atoms with van der Waals surface area (Å²) in [6.45, 7) is 2.00. The van der Waals surface area contributed by atoms with Crippen molar-refractivity contribution in [3.8, 4) is 5.75 Å². The predicted molar refractivity (Wildman–Crippen MR) is 78.1 cm³/mol. The number of Topliss-reactive ketones (excluding diaryl/α,β-unsaturated/α-hetero) is 1. The van der Waals surface area contributed by atoms with Crippen molar-refractivity contribution in [2.24, 2.45) is 0 Å². The van der Waals surface area contributed by atoms with Crippen molar-refractivity contribution in [1.29, 1.82) is 0 Å². The lowest BCUT2D eigenvalue weighted by Crippen LogP contribution is -2.31. The van der Waals surface area contributed by atoms with E-state index in [-0.39, 0.29) is 35.8 Å². The number of hydrogen-bond acceptors (Lipinski definition) is 6. The Labute approximate surface area is 127 Å². The number of methoxy groups -OCH3 is 1. The summed E-state index contributed by atoms with van der Waals surface area (Å²) in [4.78, 5) is 33.4. The second-order valence-electron chi connectivity index (χ2n) is 4.35. The molecule has 0 heterocycles. The van der Waals surface area contributed by atoms with Crippen LogP contribution in [0.5, 0.6) is 5.75 Å². The minimum atomic E-state index is -0.648. The van der Waals surface area contributed by atoms with Crippen molar-refractivity contribution < 1.29 is 24.0 Å². The van der Waals surface area contributed by atoms with Gasteiger partial charge in [0, 0.05) is 31.7 Å². The number of nitrogens with one attached hydrogen (secondary N) is 1. The Hall–Kier alpha value is -2.48. The number of ether oxygens (including phenoxy) is 2. The fourth-order valence-electron chi connectivity index (χ4n) is 1.65. The molecule has 0 aliphatic rings. The molecule has 1 rings (SSSR count). The molecule has 0 aliphatic heterocycles. The Kier molecular flexibility index (Phi) is 6.97. The van der Waals surface area contributed by atoms with Crippen LogP contribution in [0.3, 0.4) is 0 Å². The van der Waals surface area contributed by atoms with E-state index in [1.54, 1.807) is 6.92 Å². The number of nitro groups is 1. The lowest BCUT2D eigenvalue weighted by Gasteiger charge is -2.08. The van der Waals surface area contributed by atoms with E-state index in [9.17, 15) is 19.7 Å². The second kappa shape index (κ2) is 8.73. The van der Waals surface area contributed by atoms with Crippen LogP contribution in [-0.4, -0.2) is 43.5 Å². The van der Waals surface area contributed by atoms with Gasteiger partial charge in [-0.05, 0) is 12.1 Å². The normalized spacial score (nSPS) is 10.1. The average Bonchev–Trinajstić information content (AvgIpc) is 2.52. The molecule has 1 aromatic rings. The third-order valence-corrected chi connectivity index (χ3v) is 2.79. The van der Waals surface area contributed by atoms with Crippen LogP contribution in [0, 0.1) is 10.1 Å². The summed E-state index contributed by atoms with van der Waals surface area (Å²) in [6.07, 6.45) is 0.249. The van der Waals surface area contributed by atoms with Crippen molar-refractivity contribution >= 4 is 17.4 Å². The van der Waals surface area contributed by atoms with Crippen LogP contribution in [0.2, 0.25) is 0 Å².